The zero-order valence-electron chi connectivity index (χ0n) is 8.29. The summed E-state index contributed by atoms with van der Waals surface area (Å²) in [7, 11) is 0. The Bertz CT molecular complexity index is 262. The van der Waals surface area contributed by atoms with E-state index in [9.17, 15) is 0 Å². The van der Waals surface area contributed by atoms with Crippen molar-refractivity contribution in [2.24, 2.45) is 5.92 Å². The van der Waals surface area contributed by atoms with Gasteiger partial charge < -0.3 is 0 Å². The number of hydrogen-bond acceptors (Lipinski definition) is 1. The molecule has 0 nitrogen and oxygen atoms in total. The summed E-state index contributed by atoms with van der Waals surface area (Å²) >= 11 is 5.28. The van der Waals surface area contributed by atoms with Crippen LogP contribution < -0.4 is 0 Å². The fourth-order valence-electron chi connectivity index (χ4n) is 1.20. The van der Waals surface area contributed by atoms with Gasteiger partial charge in [-0.2, -0.15) is 0 Å². The lowest BCUT2D eigenvalue weighted by Gasteiger charge is -2.06. The molecule has 0 bridgehead atoms. The van der Waals surface area contributed by atoms with E-state index in [0.717, 1.165) is 12.8 Å². The molecule has 13 heavy (non-hydrogen) atoms. The molecule has 0 amide bonds. The number of benzene rings is 1. The van der Waals surface area contributed by atoms with Crippen molar-refractivity contribution in [3.8, 4) is 0 Å². The topological polar surface area (TPSA) is 0 Å². The standard InChI is InChI=1S/C12H16S/c1-10(2)12(13)9-8-11-6-4-3-5-7-11/h3-7,10H,8-9H2,1-2H3. The van der Waals surface area contributed by atoms with Crippen LogP contribution in [0.2, 0.25) is 0 Å². The third-order valence-corrected chi connectivity index (χ3v) is 2.82. The van der Waals surface area contributed by atoms with Gasteiger partial charge in [0.25, 0.3) is 0 Å². The van der Waals surface area contributed by atoms with Crippen molar-refractivity contribution in [1.29, 1.82) is 0 Å². The first kappa shape index (κ1) is 10.4. The normalized spacial score (nSPS) is 10.4. The highest BCUT2D eigenvalue weighted by molar-refractivity contribution is 7.80. The molecule has 0 aliphatic heterocycles. The average Bonchev–Trinajstić information content (AvgIpc) is 2.15. The molecule has 0 aliphatic carbocycles. The lowest BCUT2D eigenvalue weighted by molar-refractivity contribution is 0.858. The molecule has 1 aromatic carbocycles. The van der Waals surface area contributed by atoms with E-state index in [1.54, 1.807) is 0 Å². The highest BCUT2D eigenvalue weighted by atomic mass is 32.1. The van der Waals surface area contributed by atoms with E-state index in [0.29, 0.717) is 5.92 Å². The number of hydrogen-bond donors (Lipinski definition) is 0. The van der Waals surface area contributed by atoms with Gasteiger partial charge in [-0.25, -0.2) is 0 Å². The number of rotatable bonds is 4. The molecule has 1 aromatic rings. The van der Waals surface area contributed by atoms with E-state index in [-0.39, 0.29) is 0 Å². The SMILES string of the molecule is CC(C)C(=S)CCc1ccccc1. The molecule has 1 heteroatoms. The van der Waals surface area contributed by atoms with Gasteiger partial charge in [-0.05, 0) is 29.2 Å². The van der Waals surface area contributed by atoms with Crippen molar-refractivity contribution in [3.63, 3.8) is 0 Å². The minimum absolute atomic E-state index is 0.540. The van der Waals surface area contributed by atoms with Crippen LogP contribution in [0.15, 0.2) is 30.3 Å². The van der Waals surface area contributed by atoms with Crippen molar-refractivity contribution in [2.45, 2.75) is 26.7 Å². The Hall–Kier alpha value is -0.690. The summed E-state index contributed by atoms with van der Waals surface area (Å²) in [5, 5.41) is 0. The Labute approximate surface area is 86.0 Å². The first-order chi connectivity index (χ1) is 6.20. The van der Waals surface area contributed by atoms with E-state index in [2.05, 4.69) is 38.1 Å². The van der Waals surface area contributed by atoms with E-state index in [4.69, 9.17) is 12.2 Å². The van der Waals surface area contributed by atoms with Crippen LogP contribution in [0, 0.1) is 5.92 Å². The molecule has 1 rings (SSSR count). The molecular formula is C12H16S. The second-order valence-electron chi connectivity index (χ2n) is 3.61. The Morgan fingerprint density at radius 1 is 1.23 bits per heavy atom. The summed E-state index contributed by atoms with van der Waals surface area (Å²) in [4.78, 5) is 1.18. The molecule has 70 valence electrons. The lowest BCUT2D eigenvalue weighted by Crippen LogP contribution is -2.05. The zero-order valence-corrected chi connectivity index (χ0v) is 9.10. The second kappa shape index (κ2) is 5.13. The molecule has 0 unspecified atom stereocenters. The Kier molecular flexibility index (Phi) is 4.10. The van der Waals surface area contributed by atoms with Gasteiger partial charge in [-0.15, -0.1) is 0 Å². The molecule has 0 aromatic heterocycles. The molecule has 0 atom stereocenters. The number of thiocarbonyl (C=S) groups is 1. The molecule has 0 spiro atoms. The quantitative estimate of drug-likeness (QED) is 0.656. The van der Waals surface area contributed by atoms with Crippen LogP contribution in [-0.2, 0) is 6.42 Å². The summed E-state index contributed by atoms with van der Waals surface area (Å²) in [5.74, 6) is 0.540. The Morgan fingerprint density at radius 3 is 2.38 bits per heavy atom. The van der Waals surface area contributed by atoms with Gasteiger partial charge in [0.1, 0.15) is 0 Å². The van der Waals surface area contributed by atoms with E-state index >= 15 is 0 Å². The summed E-state index contributed by atoms with van der Waals surface area (Å²) in [6, 6.07) is 10.5. The molecule has 0 saturated carbocycles. The first-order valence-electron chi connectivity index (χ1n) is 4.77. The molecule has 0 heterocycles. The minimum Gasteiger partial charge on any atom is -0.0894 e. The largest absolute Gasteiger partial charge is 0.0894 e. The predicted molar refractivity (Wildman–Crippen MR) is 62.2 cm³/mol. The smallest absolute Gasteiger partial charge is 0.00428 e. The van der Waals surface area contributed by atoms with Gasteiger partial charge in [0.2, 0.25) is 0 Å². The van der Waals surface area contributed by atoms with Gasteiger partial charge in [-0.1, -0.05) is 56.4 Å². The Balaban J connectivity index is 2.40. The van der Waals surface area contributed by atoms with Crippen LogP contribution in [0.5, 0.6) is 0 Å². The summed E-state index contributed by atoms with van der Waals surface area (Å²) in [5.41, 5.74) is 1.38. The molecule has 0 aliphatic rings. The van der Waals surface area contributed by atoms with Crippen molar-refractivity contribution in [3.05, 3.63) is 35.9 Å². The maximum absolute atomic E-state index is 5.28. The van der Waals surface area contributed by atoms with Crippen LogP contribution >= 0.6 is 12.2 Å². The van der Waals surface area contributed by atoms with Gasteiger partial charge in [0.05, 0.1) is 0 Å². The highest BCUT2D eigenvalue weighted by Gasteiger charge is 2.02. The van der Waals surface area contributed by atoms with Gasteiger partial charge >= 0.3 is 0 Å². The van der Waals surface area contributed by atoms with Crippen molar-refractivity contribution >= 4 is 17.1 Å². The molecule has 0 fully saturated rings. The predicted octanol–water partition coefficient (Wildman–Crippen LogP) is 3.65. The first-order valence-corrected chi connectivity index (χ1v) is 5.17. The maximum atomic E-state index is 5.28. The molecule has 0 radical (unpaired) electrons. The van der Waals surface area contributed by atoms with E-state index < -0.39 is 0 Å². The summed E-state index contributed by atoms with van der Waals surface area (Å²) in [6.45, 7) is 4.32. The van der Waals surface area contributed by atoms with E-state index in [1.807, 2.05) is 6.07 Å². The Morgan fingerprint density at radius 2 is 1.85 bits per heavy atom. The van der Waals surface area contributed by atoms with Gasteiger partial charge in [0.15, 0.2) is 0 Å². The number of aryl methyl sites for hydroxylation is 1. The van der Waals surface area contributed by atoms with Crippen molar-refractivity contribution < 1.29 is 0 Å². The van der Waals surface area contributed by atoms with Crippen LogP contribution in [0.4, 0.5) is 0 Å². The molecular weight excluding hydrogens is 176 g/mol. The highest BCUT2D eigenvalue weighted by Crippen LogP contribution is 2.07. The summed E-state index contributed by atoms with van der Waals surface area (Å²) < 4.78 is 0. The molecule has 0 saturated heterocycles. The van der Waals surface area contributed by atoms with Crippen molar-refractivity contribution in [2.75, 3.05) is 0 Å². The molecule has 0 N–H and O–H groups in total. The third-order valence-electron chi connectivity index (χ3n) is 2.15. The van der Waals surface area contributed by atoms with Crippen molar-refractivity contribution in [1.82, 2.24) is 0 Å². The lowest BCUT2D eigenvalue weighted by atomic mass is 10.0. The minimum atomic E-state index is 0.540. The van der Waals surface area contributed by atoms with E-state index in [1.165, 1.54) is 10.4 Å². The zero-order chi connectivity index (χ0) is 9.68. The third kappa shape index (κ3) is 3.69. The van der Waals surface area contributed by atoms with Crippen LogP contribution in [0.25, 0.3) is 0 Å². The second-order valence-corrected chi connectivity index (χ2v) is 4.13. The van der Waals surface area contributed by atoms with Gasteiger partial charge in [-0.3, -0.25) is 0 Å². The van der Waals surface area contributed by atoms with Crippen LogP contribution in [0.1, 0.15) is 25.8 Å². The maximum Gasteiger partial charge on any atom is -0.00428 e. The fraction of sp³-hybridized carbons (Fsp3) is 0.417. The monoisotopic (exact) mass is 192 g/mol. The fourth-order valence-corrected chi connectivity index (χ4v) is 1.30. The summed E-state index contributed by atoms with van der Waals surface area (Å²) in [6.07, 6.45) is 2.12. The average molecular weight is 192 g/mol. The van der Waals surface area contributed by atoms with Crippen LogP contribution in [-0.4, -0.2) is 4.86 Å². The van der Waals surface area contributed by atoms with Gasteiger partial charge in [0, 0.05) is 0 Å². The van der Waals surface area contributed by atoms with Crippen LogP contribution in [0.3, 0.4) is 0 Å².